The average Bonchev–Trinajstić information content (AvgIpc) is 2.24. The van der Waals surface area contributed by atoms with Crippen molar-refractivity contribution >= 4 is 17.5 Å². The van der Waals surface area contributed by atoms with Gasteiger partial charge < -0.3 is 10.6 Å². The Labute approximate surface area is 101 Å². The van der Waals surface area contributed by atoms with E-state index in [4.69, 9.17) is 17.3 Å². The summed E-state index contributed by atoms with van der Waals surface area (Å²) in [5, 5.41) is 0.721. The molecule has 1 unspecified atom stereocenters. The molecule has 1 aromatic rings. The summed E-state index contributed by atoms with van der Waals surface area (Å²) < 4.78 is 0. The molecule has 1 aromatic carbocycles. The molecular formula is C12H17ClN2O. The van der Waals surface area contributed by atoms with E-state index in [0.29, 0.717) is 6.54 Å². The number of carbonyl (C=O) groups excluding carboxylic acids is 1. The first-order valence-corrected chi connectivity index (χ1v) is 5.63. The largest absolute Gasteiger partial charge is 0.344 e. The summed E-state index contributed by atoms with van der Waals surface area (Å²) in [6.45, 7) is 2.35. The molecule has 0 aliphatic heterocycles. The van der Waals surface area contributed by atoms with Gasteiger partial charge in [0.05, 0.1) is 6.04 Å². The summed E-state index contributed by atoms with van der Waals surface area (Å²) in [4.78, 5) is 13.2. The fourth-order valence-corrected chi connectivity index (χ4v) is 1.66. The van der Waals surface area contributed by atoms with E-state index < -0.39 is 6.04 Å². The molecule has 4 heteroatoms. The number of nitrogens with two attached hydrogens (primary N) is 1. The van der Waals surface area contributed by atoms with Gasteiger partial charge in [-0.3, -0.25) is 4.79 Å². The number of benzene rings is 1. The van der Waals surface area contributed by atoms with Gasteiger partial charge >= 0.3 is 0 Å². The monoisotopic (exact) mass is 240 g/mol. The van der Waals surface area contributed by atoms with Gasteiger partial charge in [0.15, 0.2) is 0 Å². The zero-order valence-electron chi connectivity index (χ0n) is 9.61. The second kappa shape index (κ2) is 5.87. The molecule has 0 saturated heterocycles. The molecule has 2 N–H and O–H groups in total. The van der Waals surface area contributed by atoms with Crippen LogP contribution in [0.15, 0.2) is 24.3 Å². The number of hydrogen-bond donors (Lipinski definition) is 1. The number of halogens is 1. The van der Waals surface area contributed by atoms with Gasteiger partial charge in [-0.15, -0.1) is 0 Å². The Morgan fingerprint density at radius 1 is 1.56 bits per heavy atom. The summed E-state index contributed by atoms with van der Waals surface area (Å²) >= 11 is 5.87. The molecule has 0 radical (unpaired) electrons. The fraction of sp³-hybridized carbons (Fsp3) is 0.417. The number of hydrogen-bond acceptors (Lipinski definition) is 2. The van der Waals surface area contributed by atoms with Crippen molar-refractivity contribution in [3.05, 3.63) is 34.9 Å². The lowest BCUT2D eigenvalue weighted by Gasteiger charge is -2.19. The Hall–Kier alpha value is -1.06. The highest BCUT2D eigenvalue weighted by molar-refractivity contribution is 6.30. The minimum Gasteiger partial charge on any atom is -0.344 e. The molecule has 88 valence electrons. The van der Waals surface area contributed by atoms with Crippen LogP contribution in [-0.4, -0.2) is 30.4 Å². The van der Waals surface area contributed by atoms with Crippen LogP contribution in [0, 0.1) is 0 Å². The van der Waals surface area contributed by atoms with Crippen LogP contribution in [0.1, 0.15) is 12.5 Å². The maximum absolute atomic E-state index is 11.5. The second-order valence-corrected chi connectivity index (χ2v) is 4.36. The van der Waals surface area contributed by atoms with Crippen LogP contribution in [0.2, 0.25) is 5.02 Å². The number of nitrogens with zero attached hydrogens (tertiary/aromatic N) is 1. The summed E-state index contributed by atoms with van der Waals surface area (Å²) in [6, 6.07) is 7.21. The van der Waals surface area contributed by atoms with E-state index in [9.17, 15) is 4.79 Å². The Morgan fingerprint density at radius 3 is 2.81 bits per heavy atom. The highest BCUT2D eigenvalue weighted by Crippen LogP contribution is 2.11. The van der Waals surface area contributed by atoms with Crippen LogP contribution >= 0.6 is 11.6 Å². The molecule has 0 aliphatic carbocycles. The Balaban J connectivity index is 2.49. The van der Waals surface area contributed by atoms with Crippen molar-refractivity contribution in [2.75, 3.05) is 13.6 Å². The minimum absolute atomic E-state index is 0.0398. The maximum Gasteiger partial charge on any atom is 0.238 e. The van der Waals surface area contributed by atoms with Gasteiger partial charge in [-0.2, -0.15) is 0 Å². The van der Waals surface area contributed by atoms with Gasteiger partial charge in [-0.05, 0) is 31.0 Å². The van der Waals surface area contributed by atoms with E-state index in [-0.39, 0.29) is 5.91 Å². The fourth-order valence-electron chi connectivity index (χ4n) is 1.45. The van der Waals surface area contributed by atoms with Crippen molar-refractivity contribution in [1.29, 1.82) is 0 Å². The third kappa shape index (κ3) is 3.83. The zero-order chi connectivity index (χ0) is 12.1. The van der Waals surface area contributed by atoms with E-state index in [2.05, 4.69) is 0 Å². The molecule has 1 amide bonds. The highest BCUT2D eigenvalue weighted by Gasteiger charge is 2.12. The molecule has 0 aliphatic rings. The van der Waals surface area contributed by atoms with Gasteiger partial charge in [0.25, 0.3) is 0 Å². The summed E-state index contributed by atoms with van der Waals surface area (Å²) in [7, 11) is 1.76. The van der Waals surface area contributed by atoms with Crippen LogP contribution in [0.4, 0.5) is 0 Å². The first-order valence-electron chi connectivity index (χ1n) is 5.25. The smallest absolute Gasteiger partial charge is 0.238 e. The second-order valence-electron chi connectivity index (χ2n) is 3.93. The number of rotatable bonds is 4. The lowest BCUT2D eigenvalue weighted by Crippen LogP contribution is -2.40. The Bertz CT molecular complexity index is 366. The molecule has 0 fully saturated rings. The van der Waals surface area contributed by atoms with Crippen molar-refractivity contribution in [3.63, 3.8) is 0 Å². The lowest BCUT2D eigenvalue weighted by atomic mass is 10.1. The lowest BCUT2D eigenvalue weighted by molar-refractivity contribution is -0.130. The van der Waals surface area contributed by atoms with Crippen molar-refractivity contribution < 1.29 is 4.79 Å². The Morgan fingerprint density at radius 2 is 2.25 bits per heavy atom. The topological polar surface area (TPSA) is 46.3 Å². The highest BCUT2D eigenvalue weighted by atomic mass is 35.5. The van der Waals surface area contributed by atoms with E-state index in [0.717, 1.165) is 17.0 Å². The molecule has 0 heterocycles. The van der Waals surface area contributed by atoms with Crippen LogP contribution < -0.4 is 5.73 Å². The maximum atomic E-state index is 11.5. The molecule has 0 saturated carbocycles. The van der Waals surface area contributed by atoms with Crippen LogP contribution in [0.3, 0.4) is 0 Å². The Kier molecular flexibility index (Phi) is 4.77. The first kappa shape index (κ1) is 13.0. The SMILES string of the molecule is CC(N)C(=O)N(C)CCc1cccc(Cl)c1. The van der Waals surface area contributed by atoms with Crippen molar-refractivity contribution in [3.8, 4) is 0 Å². The number of likely N-dealkylation sites (N-methyl/N-ethyl adjacent to an activating group) is 1. The zero-order valence-corrected chi connectivity index (χ0v) is 10.4. The van der Waals surface area contributed by atoms with Crippen molar-refractivity contribution in [2.24, 2.45) is 5.73 Å². The van der Waals surface area contributed by atoms with Gasteiger partial charge in [-0.25, -0.2) is 0 Å². The summed E-state index contributed by atoms with van der Waals surface area (Å²) in [5.41, 5.74) is 6.64. The molecule has 1 rings (SSSR count). The first-order chi connectivity index (χ1) is 7.50. The van der Waals surface area contributed by atoms with Crippen LogP contribution in [-0.2, 0) is 11.2 Å². The quantitative estimate of drug-likeness (QED) is 0.871. The average molecular weight is 241 g/mol. The van der Waals surface area contributed by atoms with Gasteiger partial charge in [-0.1, -0.05) is 23.7 Å². The van der Waals surface area contributed by atoms with Gasteiger partial charge in [0, 0.05) is 18.6 Å². The number of carbonyl (C=O) groups is 1. The van der Waals surface area contributed by atoms with Crippen molar-refractivity contribution in [1.82, 2.24) is 4.90 Å². The van der Waals surface area contributed by atoms with E-state index in [1.165, 1.54) is 0 Å². The predicted octanol–water partition coefficient (Wildman–Crippen LogP) is 1.69. The summed E-state index contributed by atoms with van der Waals surface area (Å²) in [5.74, 6) is -0.0398. The van der Waals surface area contributed by atoms with Crippen molar-refractivity contribution in [2.45, 2.75) is 19.4 Å². The minimum atomic E-state index is -0.440. The van der Waals surface area contributed by atoms with Crippen LogP contribution in [0.5, 0.6) is 0 Å². The summed E-state index contributed by atoms with van der Waals surface area (Å²) in [6.07, 6.45) is 0.787. The normalized spacial score (nSPS) is 12.2. The molecule has 1 atom stereocenters. The van der Waals surface area contributed by atoms with E-state index in [1.54, 1.807) is 18.9 Å². The third-order valence-electron chi connectivity index (χ3n) is 2.39. The van der Waals surface area contributed by atoms with Gasteiger partial charge in [0.2, 0.25) is 5.91 Å². The third-order valence-corrected chi connectivity index (χ3v) is 2.63. The van der Waals surface area contributed by atoms with E-state index >= 15 is 0 Å². The molecule has 0 bridgehead atoms. The van der Waals surface area contributed by atoms with Crippen LogP contribution in [0.25, 0.3) is 0 Å². The molecule has 3 nitrogen and oxygen atoms in total. The molecule has 0 spiro atoms. The molecule has 16 heavy (non-hydrogen) atoms. The predicted molar refractivity (Wildman–Crippen MR) is 66.4 cm³/mol. The number of amides is 1. The van der Waals surface area contributed by atoms with Gasteiger partial charge in [0.1, 0.15) is 0 Å². The standard InChI is InChI=1S/C12H17ClN2O/c1-9(14)12(16)15(2)7-6-10-4-3-5-11(13)8-10/h3-5,8-9H,6-7,14H2,1-2H3. The van der Waals surface area contributed by atoms with E-state index in [1.807, 2.05) is 24.3 Å². The molecular weight excluding hydrogens is 224 g/mol. The molecule has 0 aromatic heterocycles.